The number of hydrogen-bond donors (Lipinski definition) is 1. The molecule has 2 unspecified atom stereocenters. The molecule has 1 fully saturated rings. The van der Waals surface area contributed by atoms with E-state index in [0.29, 0.717) is 32.8 Å². The Balaban J connectivity index is 1.64. The molecule has 2 atom stereocenters. The van der Waals surface area contributed by atoms with Crippen molar-refractivity contribution in [2.75, 3.05) is 32.0 Å². The second-order valence-electron chi connectivity index (χ2n) is 7.26. The minimum atomic E-state index is -3.31. The standard InChI is InChI=1S/C21H30N2O4S/c1-4-26-21-10-9-18-7-5-6-8-19(18)20(21)13-22-11-12-28(24,25)23-14-16(2)27-17(3)15-23/h5-10,16-17,22H,4,11-15H2,1-3H3. The zero-order valence-corrected chi connectivity index (χ0v) is 17.7. The van der Waals surface area contributed by atoms with E-state index in [9.17, 15) is 8.42 Å². The summed E-state index contributed by atoms with van der Waals surface area (Å²) < 4.78 is 38.3. The number of fused-ring (bicyclic) bond motifs is 1. The number of nitrogens with one attached hydrogen (secondary N) is 1. The second kappa shape index (κ2) is 9.22. The number of sulfonamides is 1. The maximum atomic E-state index is 12.7. The highest BCUT2D eigenvalue weighted by Crippen LogP contribution is 2.28. The summed E-state index contributed by atoms with van der Waals surface area (Å²) in [7, 11) is -3.31. The lowest BCUT2D eigenvalue weighted by molar-refractivity contribution is -0.0440. The molecule has 154 valence electrons. The van der Waals surface area contributed by atoms with Crippen LogP contribution in [-0.4, -0.2) is 56.9 Å². The fourth-order valence-corrected chi connectivity index (χ4v) is 5.23. The van der Waals surface area contributed by atoms with E-state index < -0.39 is 10.0 Å². The highest BCUT2D eigenvalue weighted by Gasteiger charge is 2.30. The van der Waals surface area contributed by atoms with Crippen LogP contribution in [0.4, 0.5) is 0 Å². The van der Waals surface area contributed by atoms with Gasteiger partial charge in [-0.05, 0) is 37.6 Å². The summed E-state index contributed by atoms with van der Waals surface area (Å²) in [5.74, 6) is 0.911. The molecule has 0 bridgehead atoms. The van der Waals surface area contributed by atoms with E-state index in [1.807, 2.05) is 39.0 Å². The third kappa shape index (κ3) is 5.03. The molecule has 1 N–H and O–H groups in total. The first-order valence-corrected chi connectivity index (χ1v) is 11.5. The molecule has 0 aromatic heterocycles. The molecule has 0 spiro atoms. The van der Waals surface area contributed by atoms with Gasteiger partial charge in [-0.3, -0.25) is 0 Å². The minimum Gasteiger partial charge on any atom is -0.494 e. The minimum absolute atomic E-state index is 0.0706. The Hall–Kier alpha value is -1.67. The fourth-order valence-electron chi connectivity index (χ4n) is 3.69. The van der Waals surface area contributed by atoms with Crippen LogP contribution in [0.25, 0.3) is 10.8 Å². The Labute approximate surface area is 167 Å². The summed E-state index contributed by atoms with van der Waals surface area (Å²) in [5, 5.41) is 5.56. The molecule has 0 amide bonds. The molecule has 3 rings (SSSR count). The van der Waals surface area contributed by atoms with E-state index in [0.717, 1.165) is 22.1 Å². The van der Waals surface area contributed by atoms with Crippen LogP contribution < -0.4 is 10.1 Å². The SMILES string of the molecule is CCOc1ccc2ccccc2c1CNCCS(=O)(=O)N1CC(C)OC(C)C1. The molecule has 1 heterocycles. The summed E-state index contributed by atoms with van der Waals surface area (Å²) in [4.78, 5) is 0. The number of benzene rings is 2. The largest absolute Gasteiger partial charge is 0.494 e. The average Bonchev–Trinajstić information content (AvgIpc) is 2.65. The predicted octanol–water partition coefficient (Wildman–Crippen LogP) is 2.77. The average molecular weight is 407 g/mol. The van der Waals surface area contributed by atoms with Crippen molar-refractivity contribution in [2.45, 2.75) is 39.5 Å². The lowest BCUT2D eigenvalue weighted by Crippen LogP contribution is -2.49. The summed E-state index contributed by atoms with van der Waals surface area (Å²) in [6.07, 6.45) is -0.146. The van der Waals surface area contributed by atoms with Crippen LogP contribution in [0.15, 0.2) is 36.4 Å². The Morgan fingerprint density at radius 3 is 2.57 bits per heavy atom. The zero-order valence-electron chi connectivity index (χ0n) is 16.8. The Bertz CT molecular complexity index is 890. The van der Waals surface area contributed by atoms with Gasteiger partial charge < -0.3 is 14.8 Å². The number of ether oxygens (including phenoxy) is 2. The Morgan fingerprint density at radius 1 is 1.14 bits per heavy atom. The fraction of sp³-hybridized carbons (Fsp3) is 0.524. The molecule has 1 saturated heterocycles. The van der Waals surface area contributed by atoms with Gasteiger partial charge in [0.15, 0.2) is 0 Å². The van der Waals surface area contributed by atoms with Crippen LogP contribution in [0.2, 0.25) is 0 Å². The molecule has 2 aromatic carbocycles. The van der Waals surface area contributed by atoms with Crippen molar-refractivity contribution in [3.8, 4) is 5.75 Å². The summed E-state index contributed by atoms with van der Waals surface area (Å²) in [6, 6.07) is 12.2. The van der Waals surface area contributed by atoms with Crippen molar-refractivity contribution < 1.29 is 17.9 Å². The molecular weight excluding hydrogens is 376 g/mol. The molecule has 6 nitrogen and oxygen atoms in total. The van der Waals surface area contributed by atoms with E-state index >= 15 is 0 Å². The Kier molecular flexibility index (Phi) is 6.93. The molecular formula is C21H30N2O4S. The van der Waals surface area contributed by atoms with Gasteiger partial charge >= 0.3 is 0 Å². The van der Waals surface area contributed by atoms with Crippen LogP contribution in [0, 0.1) is 0 Å². The maximum Gasteiger partial charge on any atom is 0.215 e. The maximum absolute atomic E-state index is 12.7. The van der Waals surface area contributed by atoms with Crippen LogP contribution in [0.3, 0.4) is 0 Å². The Morgan fingerprint density at radius 2 is 1.86 bits per heavy atom. The van der Waals surface area contributed by atoms with Crippen molar-refractivity contribution >= 4 is 20.8 Å². The van der Waals surface area contributed by atoms with Crippen molar-refractivity contribution in [1.82, 2.24) is 9.62 Å². The van der Waals surface area contributed by atoms with Gasteiger partial charge in [0.05, 0.1) is 24.6 Å². The monoisotopic (exact) mass is 406 g/mol. The lowest BCUT2D eigenvalue weighted by Gasteiger charge is -2.34. The molecule has 7 heteroatoms. The summed E-state index contributed by atoms with van der Waals surface area (Å²) in [5.41, 5.74) is 1.06. The van der Waals surface area contributed by atoms with Gasteiger partial charge in [0, 0.05) is 31.7 Å². The topological polar surface area (TPSA) is 67.9 Å². The highest BCUT2D eigenvalue weighted by atomic mass is 32.2. The molecule has 2 aromatic rings. The van der Waals surface area contributed by atoms with Crippen molar-refractivity contribution in [3.63, 3.8) is 0 Å². The lowest BCUT2D eigenvalue weighted by atomic mass is 10.0. The molecule has 1 aliphatic rings. The molecule has 0 aliphatic carbocycles. The number of rotatable bonds is 8. The van der Waals surface area contributed by atoms with Gasteiger partial charge in [-0.25, -0.2) is 8.42 Å². The summed E-state index contributed by atoms with van der Waals surface area (Å²) in [6.45, 7) is 8.16. The zero-order chi connectivity index (χ0) is 20.1. The molecule has 1 aliphatic heterocycles. The van der Waals surface area contributed by atoms with Gasteiger partial charge in [0.2, 0.25) is 10.0 Å². The van der Waals surface area contributed by atoms with Gasteiger partial charge in [0.1, 0.15) is 5.75 Å². The van der Waals surface area contributed by atoms with Gasteiger partial charge in [-0.15, -0.1) is 0 Å². The predicted molar refractivity (Wildman–Crippen MR) is 112 cm³/mol. The van der Waals surface area contributed by atoms with Gasteiger partial charge in [0.25, 0.3) is 0 Å². The van der Waals surface area contributed by atoms with Crippen LogP contribution in [-0.2, 0) is 21.3 Å². The highest BCUT2D eigenvalue weighted by molar-refractivity contribution is 7.89. The van der Waals surface area contributed by atoms with Crippen LogP contribution in [0.5, 0.6) is 5.75 Å². The normalized spacial score (nSPS) is 21.1. The number of nitrogens with zero attached hydrogens (tertiary/aromatic N) is 1. The van der Waals surface area contributed by atoms with E-state index in [4.69, 9.17) is 9.47 Å². The quantitative estimate of drug-likeness (QED) is 0.683. The first-order valence-electron chi connectivity index (χ1n) is 9.88. The third-order valence-corrected chi connectivity index (χ3v) is 6.72. The van der Waals surface area contributed by atoms with Crippen molar-refractivity contribution in [3.05, 3.63) is 42.0 Å². The van der Waals surface area contributed by atoms with Crippen molar-refractivity contribution in [2.24, 2.45) is 0 Å². The first-order chi connectivity index (χ1) is 13.4. The van der Waals surface area contributed by atoms with Crippen molar-refractivity contribution in [1.29, 1.82) is 0 Å². The first kappa shape index (κ1) is 21.0. The van der Waals surface area contributed by atoms with E-state index in [1.54, 1.807) is 4.31 Å². The summed E-state index contributed by atoms with van der Waals surface area (Å²) >= 11 is 0. The third-order valence-electron chi connectivity index (χ3n) is 4.92. The van der Waals surface area contributed by atoms with E-state index in [-0.39, 0.29) is 18.0 Å². The van der Waals surface area contributed by atoms with E-state index in [2.05, 4.69) is 23.5 Å². The van der Waals surface area contributed by atoms with Crippen LogP contribution >= 0.6 is 0 Å². The van der Waals surface area contributed by atoms with Gasteiger partial charge in [-0.2, -0.15) is 4.31 Å². The second-order valence-corrected chi connectivity index (χ2v) is 9.35. The molecule has 28 heavy (non-hydrogen) atoms. The van der Waals surface area contributed by atoms with Crippen LogP contribution in [0.1, 0.15) is 26.3 Å². The van der Waals surface area contributed by atoms with Gasteiger partial charge in [-0.1, -0.05) is 30.3 Å². The molecule has 0 saturated carbocycles. The number of hydrogen-bond acceptors (Lipinski definition) is 5. The molecule has 0 radical (unpaired) electrons. The van der Waals surface area contributed by atoms with E-state index in [1.165, 1.54) is 0 Å². The number of morpholine rings is 1. The smallest absolute Gasteiger partial charge is 0.215 e.